The summed E-state index contributed by atoms with van der Waals surface area (Å²) < 4.78 is 11.8. The Morgan fingerprint density at radius 3 is 2.17 bits per heavy atom. The van der Waals surface area contributed by atoms with Gasteiger partial charge in [0.2, 0.25) is 0 Å². The minimum atomic E-state index is -0.583. The number of rotatable bonds is 8. The first kappa shape index (κ1) is 24.5. The van der Waals surface area contributed by atoms with E-state index in [1.54, 1.807) is 25.1 Å². The maximum absolute atomic E-state index is 13.4. The highest BCUT2D eigenvalue weighted by atomic mass is 16.5. The molecule has 0 fully saturated rings. The molecule has 0 bridgehead atoms. The molecule has 0 radical (unpaired) electrons. The van der Waals surface area contributed by atoms with Crippen molar-refractivity contribution < 1.29 is 19.1 Å². The van der Waals surface area contributed by atoms with Crippen molar-refractivity contribution in [3.05, 3.63) is 112 Å². The number of amides is 2. The highest BCUT2D eigenvalue weighted by Gasteiger charge is 2.35. The van der Waals surface area contributed by atoms with Crippen molar-refractivity contribution in [1.82, 2.24) is 4.90 Å². The Morgan fingerprint density at radius 2 is 1.53 bits per heavy atom. The van der Waals surface area contributed by atoms with Crippen LogP contribution in [0.4, 0.5) is 0 Å². The zero-order valence-electron chi connectivity index (χ0n) is 20.2. The summed E-state index contributed by atoms with van der Waals surface area (Å²) in [4.78, 5) is 27.4. The molecule has 0 atom stereocenters. The fraction of sp³-hybridized carbons (Fsp3) is 0.167. The van der Waals surface area contributed by atoms with Gasteiger partial charge in [-0.3, -0.25) is 14.5 Å². The highest BCUT2D eigenvalue weighted by molar-refractivity contribution is 6.19. The molecule has 36 heavy (non-hydrogen) atoms. The molecule has 0 aliphatic carbocycles. The van der Waals surface area contributed by atoms with E-state index in [1.165, 1.54) is 0 Å². The zero-order chi connectivity index (χ0) is 25.5. The number of benzene rings is 3. The quantitative estimate of drug-likeness (QED) is 0.317. The molecule has 1 heterocycles. The fourth-order valence-electron chi connectivity index (χ4n) is 3.94. The minimum absolute atomic E-state index is 0.0374. The smallest absolute Gasteiger partial charge is 0.271 e. The largest absolute Gasteiger partial charge is 0.490 e. The molecule has 0 saturated heterocycles. The van der Waals surface area contributed by atoms with E-state index in [0.29, 0.717) is 41.4 Å². The van der Waals surface area contributed by atoms with E-state index in [-0.39, 0.29) is 12.1 Å². The molecule has 0 spiro atoms. The Kier molecular flexibility index (Phi) is 7.62. The molecule has 2 amide bonds. The van der Waals surface area contributed by atoms with E-state index in [9.17, 15) is 14.9 Å². The summed E-state index contributed by atoms with van der Waals surface area (Å²) in [6.45, 7) is 4.43. The van der Waals surface area contributed by atoms with Gasteiger partial charge in [-0.05, 0) is 54.3 Å². The lowest BCUT2D eigenvalue weighted by Crippen LogP contribution is -2.42. The van der Waals surface area contributed by atoms with Gasteiger partial charge in [0.25, 0.3) is 11.8 Å². The number of hydrogen-bond donors (Lipinski definition) is 0. The molecule has 0 unspecified atom stereocenters. The average Bonchev–Trinajstić information content (AvgIpc) is 2.90. The van der Waals surface area contributed by atoms with Gasteiger partial charge in [-0.25, -0.2) is 0 Å². The molecular weight excluding hydrogens is 452 g/mol. The predicted molar refractivity (Wildman–Crippen MR) is 137 cm³/mol. The van der Waals surface area contributed by atoms with Gasteiger partial charge in [-0.15, -0.1) is 0 Å². The Balaban J connectivity index is 1.66. The van der Waals surface area contributed by atoms with Gasteiger partial charge in [-0.2, -0.15) is 5.26 Å². The Morgan fingerprint density at radius 1 is 0.861 bits per heavy atom. The topological polar surface area (TPSA) is 79.6 Å². The van der Waals surface area contributed by atoms with Gasteiger partial charge in [0, 0.05) is 5.57 Å². The van der Waals surface area contributed by atoms with Crippen LogP contribution in [-0.4, -0.2) is 23.3 Å². The molecule has 180 valence electrons. The van der Waals surface area contributed by atoms with Crippen LogP contribution in [0.5, 0.6) is 11.5 Å². The van der Waals surface area contributed by atoms with Crippen molar-refractivity contribution in [2.24, 2.45) is 0 Å². The monoisotopic (exact) mass is 478 g/mol. The second-order valence-corrected chi connectivity index (χ2v) is 8.27. The summed E-state index contributed by atoms with van der Waals surface area (Å²) >= 11 is 0. The number of ether oxygens (including phenoxy) is 2. The van der Waals surface area contributed by atoms with Crippen LogP contribution in [0.15, 0.2) is 95.6 Å². The van der Waals surface area contributed by atoms with Crippen LogP contribution in [0.25, 0.3) is 6.08 Å². The number of hydrogen-bond acceptors (Lipinski definition) is 5. The lowest BCUT2D eigenvalue weighted by atomic mass is 9.93. The van der Waals surface area contributed by atoms with Crippen molar-refractivity contribution in [3.63, 3.8) is 0 Å². The molecule has 3 aromatic carbocycles. The van der Waals surface area contributed by atoms with Crippen LogP contribution in [0.2, 0.25) is 0 Å². The van der Waals surface area contributed by atoms with E-state index < -0.39 is 11.8 Å². The van der Waals surface area contributed by atoms with Gasteiger partial charge in [-0.1, -0.05) is 66.7 Å². The summed E-state index contributed by atoms with van der Waals surface area (Å²) in [6, 6.07) is 26.4. The SMILES string of the molecule is CCOc1cc(/C=C2/C(=O)N(Cc3ccccc3)C(=O)C(C#N)=C2C)ccc1OCc1ccccc1. The predicted octanol–water partition coefficient (Wildman–Crippen LogP) is 5.46. The fourth-order valence-corrected chi connectivity index (χ4v) is 3.94. The third-order valence-corrected chi connectivity index (χ3v) is 5.82. The summed E-state index contributed by atoms with van der Waals surface area (Å²) in [5.74, 6) is 0.109. The summed E-state index contributed by atoms with van der Waals surface area (Å²) in [5, 5.41) is 9.66. The number of imide groups is 1. The molecule has 0 N–H and O–H groups in total. The molecule has 1 aliphatic heterocycles. The number of carbonyl (C=O) groups excluding carboxylic acids is 2. The van der Waals surface area contributed by atoms with Gasteiger partial charge in [0.1, 0.15) is 18.2 Å². The zero-order valence-corrected chi connectivity index (χ0v) is 20.2. The molecule has 0 aromatic heterocycles. The van der Waals surface area contributed by atoms with Crippen LogP contribution in [0.1, 0.15) is 30.5 Å². The van der Waals surface area contributed by atoms with Crippen molar-refractivity contribution in [2.45, 2.75) is 27.0 Å². The maximum atomic E-state index is 13.4. The van der Waals surface area contributed by atoms with Crippen LogP contribution in [-0.2, 0) is 22.7 Å². The lowest BCUT2D eigenvalue weighted by Gasteiger charge is -2.27. The van der Waals surface area contributed by atoms with Gasteiger partial charge in [0.05, 0.1) is 13.2 Å². The van der Waals surface area contributed by atoms with Crippen molar-refractivity contribution in [3.8, 4) is 17.6 Å². The Hall–Kier alpha value is -4.63. The number of nitrogens with zero attached hydrogens (tertiary/aromatic N) is 2. The number of carbonyl (C=O) groups is 2. The van der Waals surface area contributed by atoms with E-state index in [0.717, 1.165) is 16.0 Å². The van der Waals surface area contributed by atoms with Crippen LogP contribution >= 0.6 is 0 Å². The van der Waals surface area contributed by atoms with Gasteiger partial charge in [0.15, 0.2) is 11.5 Å². The van der Waals surface area contributed by atoms with Crippen molar-refractivity contribution in [1.29, 1.82) is 5.26 Å². The van der Waals surface area contributed by atoms with Gasteiger partial charge >= 0.3 is 0 Å². The third-order valence-electron chi connectivity index (χ3n) is 5.82. The van der Waals surface area contributed by atoms with Crippen molar-refractivity contribution >= 4 is 17.9 Å². The molecular formula is C30H26N2O4. The molecule has 0 saturated carbocycles. The van der Waals surface area contributed by atoms with E-state index in [2.05, 4.69) is 0 Å². The first-order valence-electron chi connectivity index (χ1n) is 11.7. The Labute approximate surface area is 210 Å². The van der Waals surface area contributed by atoms with Crippen LogP contribution in [0.3, 0.4) is 0 Å². The molecule has 6 heteroatoms. The lowest BCUT2D eigenvalue weighted by molar-refractivity contribution is -0.141. The van der Waals surface area contributed by atoms with E-state index in [4.69, 9.17) is 9.47 Å². The van der Waals surface area contributed by atoms with E-state index >= 15 is 0 Å². The minimum Gasteiger partial charge on any atom is -0.490 e. The number of nitriles is 1. The first-order chi connectivity index (χ1) is 17.5. The summed E-state index contributed by atoms with van der Waals surface area (Å²) in [7, 11) is 0. The third kappa shape index (κ3) is 5.37. The molecule has 6 nitrogen and oxygen atoms in total. The van der Waals surface area contributed by atoms with Crippen LogP contribution in [0, 0.1) is 11.3 Å². The maximum Gasteiger partial charge on any atom is 0.271 e. The van der Waals surface area contributed by atoms with Crippen molar-refractivity contribution in [2.75, 3.05) is 6.61 Å². The second-order valence-electron chi connectivity index (χ2n) is 8.27. The first-order valence-corrected chi connectivity index (χ1v) is 11.7. The Bertz CT molecular complexity index is 1370. The van der Waals surface area contributed by atoms with E-state index in [1.807, 2.05) is 79.7 Å². The molecule has 3 aromatic rings. The molecule has 4 rings (SSSR count). The summed E-state index contributed by atoms with van der Waals surface area (Å²) in [6.07, 6.45) is 1.68. The highest BCUT2D eigenvalue weighted by Crippen LogP contribution is 2.33. The van der Waals surface area contributed by atoms with Gasteiger partial charge < -0.3 is 9.47 Å². The van der Waals surface area contributed by atoms with Crippen LogP contribution < -0.4 is 9.47 Å². The standard InChI is InChI=1S/C30H26N2O4/c1-3-35-28-17-24(14-15-27(28)36-20-23-12-8-5-9-13-23)16-25-21(2)26(18-31)30(34)32(29(25)33)19-22-10-6-4-7-11-22/h4-17H,3,19-20H2,1-2H3/b25-16+. The second kappa shape index (κ2) is 11.2. The average molecular weight is 479 g/mol. The normalized spacial score (nSPS) is 14.7. The molecule has 1 aliphatic rings. The summed E-state index contributed by atoms with van der Waals surface area (Å²) in [5.41, 5.74) is 3.15.